The molecule has 0 bridgehead atoms. The average Bonchev–Trinajstić information content (AvgIpc) is 3.15. The minimum Gasteiger partial charge on any atom is -0.548 e. The fourth-order valence-electron chi connectivity index (χ4n) is 4.28. The van der Waals surface area contributed by atoms with E-state index in [2.05, 4.69) is 10.6 Å². The Morgan fingerprint density at radius 2 is 1.79 bits per heavy atom. The van der Waals surface area contributed by atoms with E-state index in [0.717, 1.165) is 31.2 Å². The van der Waals surface area contributed by atoms with E-state index in [9.17, 15) is 19.1 Å². The van der Waals surface area contributed by atoms with Gasteiger partial charge in [0.2, 0.25) is 0 Å². The zero-order valence-corrected chi connectivity index (χ0v) is 19.5. The monoisotopic (exact) mass is 416 g/mol. The summed E-state index contributed by atoms with van der Waals surface area (Å²) in [6, 6.07) is 4.88. The Balaban J connectivity index is 0.00000280. The molecule has 1 aliphatic heterocycles. The first-order valence-electron chi connectivity index (χ1n) is 9.59. The topological polar surface area (TPSA) is 90.5 Å². The molecule has 2 amide bonds. The number of aliphatic carboxylic acids is 1. The first-order chi connectivity index (χ1) is 13.0. The third kappa shape index (κ3) is 6.00. The van der Waals surface area contributed by atoms with Gasteiger partial charge in [-0.3, -0.25) is 0 Å². The summed E-state index contributed by atoms with van der Waals surface area (Å²) >= 11 is 0. The summed E-state index contributed by atoms with van der Waals surface area (Å²) in [6.45, 7) is 1.37. The van der Waals surface area contributed by atoms with Crippen molar-refractivity contribution >= 4 is 12.0 Å². The predicted molar refractivity (Wildman–Crippen MR) is 95.4 cm³/mol. The number of carboxylic acids is 1. The van der Waals surface area contributed by atoms with Gasteiger partial charge < -0.3 is 25.3 Å². The van der Waals surface area contributed by atoms with Crippen molar-refractivity contribution in [3.63, 3.8) is 0 Å². The second kappa shape index (κ2) is 11.0. The second-order valence-corrected chi connectivity index (χ2v) is 7.57. The number of urea groups is 1. The summed E-state index contributed by atoms with van der Waals surface area (Å²) in [5.74, 6) is -1.75. The van der Waals surface area contributed by atoms with E-state index in [4.69, 9.17) is 4.74 Å². The molecule has 1 saturated heterocycles. The Bertz CT molecular complexity index is 659. The molecule has 2 N–H and O–H groups in total. The van der Waals surface area contributed by atoms with Crippen LogP contribution in [-0.4, -0.2) is 37.8 Å². The molecule has 0 radical (unpaired) electrons. The van der Waals surface area contributed by atoms with Crippen LogP contribution >= 0.6 is 0 Å². The minimum atomic E-state index is -1.27. The number of amides is 2. The van der Waals surface area contributed by atoms with Crippen LogP contribution in [-0.2, 0) is 14.9 Å². The maximum atomic E-state index is 13.3. The van der Waals surface area contributed by atoms with Gasteiger partial charge >= 0.3 is 57.4 Å². The fraction of sp³-hybridized carbons (Fsp3) is 0.600. The van der Waals surface area contributed by atoms with E-state index in [0.29, 0.717) is 32.6 Å². The number of benzene rings is 1. The van der Waals surface area contributed by atoms with Gasteiger partial charge in [0.25, 0.3) is 0 Å². The van der Waals surface area contributed by atoms with E-state index in [1.54, 1.807) is 12.1 Å². The van der Waals surface area contributed by atoms with E-state index >= 15 is 0 Å². The number of halogens is 1. The van der Waals surface area contributed by atoms with Crippen LogP contribution in [0.15, 0.2) is 24.3 Å². The maximum Gasteiger partial charge on any atom is 1.00 e. The first-order valence-corrected chi connectivity index (χ1v) is 9.59. The Hall–Kier alpha value is -0.514. The molecule has 1 atom stereocenters. The third-order valence-corrected chi connectivity index (χ3v) is 5.88. The van der Waals surface area contributed by atoms with Crippen molar-refractivity contribution in [3.8, 4) is 0 Å². The van der Waals surface area contributed by atoms with Crippen LogP contribution in [0.5, 0.6) is 0 Å². The van der Waals surface area contributed by atoms with E-state index in [-0.39, 0.29) is 68.5 Å². The summed E-state index contributed by atoms with van der Waals surface area (Å²) < 4.78 is 18.5. The van der Waals surface area contributed by atoms with E-state index in [1.165, 1.54) is 12.1 Å². The van der Waals surface area contributed by atoms with Crippen LogP contribution in [0, 0.1) is 11.7 Å². The Morgan fingerprint density at radius 1 is 1.18 bits per heavy atom. The van der Waals surface area contributed by atoms with Crippen LogP contribution in [0.1, 0.15) is 44.1 Å². The Morgan fingerprint density at radius 3 is 2.36 bits per heavy atom. The van der Waals surface area contributed by atoms with E-state index < -0.39 is 18.0 Å². The molecule has 1 heterocycles. The molecule has 3 rings (SSSR count). The van der Waals surface area contributed by atoms with Gasteiger partial charge in [-0.15, -0.1) is 0 Å². The van der Waals surface area contributed by atoms with Gasteiger partial charge in [-0.1, -0.05) is 25.0 Å². The predicted octanol–water partition coefficient (Wildman–Crippen LogP) is -1.51. The Kier molecular flexibility index (Phi) is 9.36. The van der Waals surface area contributed by atoms with Crippen molar-refractivity contribution in [1.29, 1.82) is 0 Å². The van der Waals surface area contributed by atoms with Gasteiger partial charge in [0, 0.05) is 25.2 Å². The van der Waals surface area contributed by atoms with Crippen LogP contribution in [0.25, 0.3) is 0 Å². The van der Waals surface area contributed by atoms with Gasteiger partial charge in [0.1, 0.15) is 5.82 Å². The fourth-order valence-corrected chi connectivity index (χ4v) is 4.28. The molecule has 1 aliphatic carbocycles. The number of hydrogen-bond acceptors (Lipinski definition) is 4. The summed E-state index contributed by atoms with van der Waals surface area (Å²) in [7, 11) is 0. The molecule has 0 spiro atoms. The zero-order valence-electron chi connectivity index (χ0n) is 16.3. The van der Waals surface area contributed by atoms with Crippen LogP contribution in [0.2, 0.25) is 0 Å². The number of rotatable bonds is 6. The quantitative estimate of drug-likeness (QED) is 0.552. The second-order valence-electron chi connectivity index (χ2n) is 7.57. The molecule has 1 unspecified atom stereocenters. The van der Waals surface area contributed by atoms with Crippen molar-refractivity contribution in [2.24, 2.45) is 5.92 Å². The van der Waals surface area contributed by atoms with Gasteiger partial charge in [0.05, 0.1) is 12.0 Å². The van der Waals surface area contributed by atoms with Crippen molar-refractivity contribution in [3.05, 3.63) is 35.6 Å². The molecule has 6 nitrogen and oxygen atoms in total. The van der Waals surface area contributed by atoms with Crippen LogP contribution < -0.4 is 67.1 Å². The SMILES string of the molecule is O=C(NCC1(c2ccc(F)cc2)CCCC1)NC(C(=O)[O-])C1CCOCC1.[K+]. The van der Waals surface area contributed by atoms with Crippen LogP contribution in [0.4, 0.5) is 9.18 Å². The largest absolute Gasteiger partial charge is 1.00 e. The molecule has 148 valence electrons. The van der Waals surface area contributed by atoms with Gasteiger partial charge in [-0.25, -0.2) is 9.18 Å². The third-order valence-electron chi connectivity index (χ3n) is 5.88. The van der Waals surface area contributed by atoms with Gasteiger partial charge in [0.15, 0.2) is 0 Å². The molecular weight excluding hydrogens is 390 g/mol. The molecular formula is C20H26FKN2O4. The number of nitrogens with one attached hydrogen (secondary N) is 2. The number of hydrogen-bond donors (Lipinski definition) is 2. The normalized spacial score (nSPS) is 20.0. The van der Waals surface area contributed by atoms with Crippen molar-refractivity contribution in [1.82, 2.24) is 10.6 Å². The van der Waals surface area contributed by atoms with Gasteiger partial charge in [-0.2, -0.15) is 0 Å². The van der Waals surface area contributed by atoms with Crippen molar-refractivity contribution in [2.45, 2.75) is 50.0 Å². The standard InChI is InChI=1S/C20H27FN2O4.K/c21-16-5-3-15(4-6-16)20(9-1-2-10-20)13-22-19(26)23-17(18(24)25)14-7-11-27-12-8-14;/h3-6,14,17H,1-2,7-13H2,(H,24,25)(H2,22,23,26);/q;+1/p-1. The number of carbonyl (C=O) groups excluding carboxylic acids is 2. The number of carbonyl (C=O) groups is 2. The average molecular weight is 417 g/mol. The zero-order chi connectivity index (χ0) is 19.3. The maximum absolute atomic E-state index is 13.3. The smallest absolute Gasteiger partial charge is 0.548 e. The molecule has 2 fully saturated rings. The minimum absolute atomic E-state index is 0. The van der Waals surface area contributed by atoms with Crippen molar-refractivity contribution in [2.75, 3.05) is 19.8 Å². The molecule has 8 heteroatoms. The van der Waals surface area contributed by atoms with Gasteiger partial charge in [-0.05, 0) is 49.3 Å². The molecule has 28 heavy (non-hydrogen) atoms. The summed E-state index contributed by atoms with van der Waals surface area (Å²) in [6.07, 6.45) is 5.07. The number of carboxylic acid groups (broad SMARTS) is 1. The van der Waals surface area contributed by atoms with Crippen LogP contribution in [0.3, 0.4) is 0 Å². The molecule has 1 saturated carbocycles. The van der Waals surface area contributed by atoms with E-state index in [1.807, 2.05) is 0 Å². The molecule has 1 aromatic rings. The Labute approximate surface area is 207 Å². The molecule has 1 aromatic carbocycles. The molecule has 0 aromatic heterocycles. The first kappa shape index (κ1) is 23.8. The number of ether oxygens (including phenoxy) is 1. The molecule has 2 aliphatic rings. The summed E-state index contributed by atoms with van der Waals surface area (Å²) in [4.78, 5) is 23.9. The summed E-state index contributed by atoms with van der Waals surface area (Å²) in [5, 5.41) is 16.9. The van der Waals surface area contributed by atoms with Crippen molar-refractivity contribution < 1.29 is 75.2 Å². The summed E-state index contributed by atoms with van der Waals surface area (Å²) in [5.41, 5.74) is 0.767.